The summed E-state index contributed by atoms with van der Waals surface area (Å²) in [7, 11) is 0. The monoisotopic (exact) mass is 233 g/mol. The third-order valence-electron chi connectivity index (χ3n) is 2.47. The molecule has 3 N–H and O–H groups in total. The number of hydrogen-bond donors (Lipinski definition) is 2. The van der Waals surface area contributed by atoms with Gasteiger partial charge in [-0.15, -0.1) is 11.3 Å². The summed E-state index contributed by atoms with van der Waals surface area (Å²) in [6.45, 7) is 4.07. The average molecular weight is 233 g/mol. The standard InChI is InChI=1S/C12H15N3S/c1-8-4-3-5-10(6-8)12(15-13)11-7-16-9(2)14-11/h3-7,12,15H,13H2,1-2H3. The van der Waals surface area contributed by atoms with Crippen molar-refractivity contribution >= 4 is 11.3 Å². The first-order valence-electron chi connectivity index (χ1n) is 5.15. The summed E-state index contributed by atoms with van der Waals surface area (Å²) in [6, 6.07) is 8.27. The minimum atomic E-state index is -0.0233. The van der Waals surface area contributed by atoms with E-state index in [0.717, 1.165) is 16.3 Å². The van der Waals surface area contributed by atoms with Crippen molar-refractivity contribution in [3.8, 4) is 0 Å². The summed E-state index contributed by atoms with van der Waals surface area (Å²) in [6.07, 6.45) is 0. The first-order valence-corrected chi connectivity index (χ1v) is 6.03. The maximum absolute atomic E-state index is 5.61. The quantitative estimate of drug-likeness (QED) is 0.632. The zero-order valence-electron chi connectivity index (χ0n) is 9.40. The van der Waals surface area contributed by atoms with Crippen molar-refractivity contribution < 1.29 is 0 Å². The molecule has 0 spiro atoms. The van der Waals surface area contributed by atoms with Gasteiger partial charge in [-0.3, -0.25) is 5.84 Å². The van der Waals surface area contributed by atoms with Crippen molar-refractivity contribution in [2.45, 2.75) is 19.9 Å². The van der Waals surface area contributed by atoms with Gasteiger partial charge in [0.1, 0.15) is 0 Å². The van der Waals surface area contributed by atoms with Crippen LogP contribution in [-0.4, -0.2) is 4.98 Å². The maximum Gasteiger partial charge on any atom is 0.0898 e. The van der Waals surface area contributed by atoms with E-state index in [9.17, 15) is 0 Å². The van der Waals surface area contributed by atoms with Gasteiger partial charge >= 0.3 is 0 Å². The molecule has 1 atom stereocenters. The van der Waals surface area contributed by atoms with Gasteiger partial charge in [0, 0.05) is 5.38 Å². The average Bonchev–Trinajstić information content (AvgIpc) is 2.66. The Morgan fingerprint density at radius 1 is 1.38 bits per heavy atom. The molecule has 84 valence electrons. The van der Waals surface area contributed by atoms with Gasteiger partial charge in [-0.1, -0.05) is 29.8 Å². The summed E-state index contributed by atoms with van der Waals surface area (Å²) >= 11 is 1.64. The van der Waals surface area contributed by atoms with Crippen molar-refractivity contribution in [1.29, 1.82) is 0 Å². The van der Waals surface area contributed by atoms with E-state index < -0.39 is 0 Å². The Labute approximate surface area is 99.3 Å². The Bertz CT molecular complexity index is 479. The van der Waals surface area contributed by atoms with Crippen molar-refractivity contribution in [1.82, 2.24) is 10.4 Å². The number of nitrogens with zero attached hydrogens (tertiary/aromatic N) is 1. The number of aromatic nitrogens is 1. The van der Waals surface area contributed by atoms with Crippen molar-refractivity contribution in [2.75, 3.05) is 0 Å². The molecule has 0 aliphatic heterocycles. The normalized spacial score (nSPS) is 12.7. The molecule has 0 bridgehead atoms. The number of hydrogen-bond acceptors (Lipinski definition) is 4. The Kier molecular flexibility index (Phi) is 3.33. The molecule has 0 saturated heterocycles. The highest BCUT2D eigenvalue weighted by Crippen LogP contribution is 2.23. The van der Waals surface area contributed by atoms with Crippen LogP contribution in [0.15, 0.2) is 29.6 Å². The highest BCUT2D eigenvalue weighted by molar-refractivity contribution is 7.09. The fraction of sp³-hybridized carbons (Fsp3) is 0.250. The summed E-state index contributed by atoms with van der Waals surface area (Å²) in [5.41, 5.74) is 6.17. The molecule has 1 unspecified atom stereocenters. The van der Waals surface area contributed by atoms with Crippen molar-refractivity contribution in [3.63, 3.8) is 0 Å². The molecule has 0 amide bonds. The van der Waals surface area contributed by atoms with Crippen LogP contribution in [0.2, 0.25) is 0 Å². The van der Waals surface area contributed by atoms with E-state index in [4.69, 9.17) is 5.84 Å². The molecule has 4 heteroatoms. The van der Waals surface area contributed by atoms with Crippen LogP contribution < -0.4 is 11.3 Å². The zero-order chi connectivity index (χ0) is 11.5. The third kappa shape index (κ3) is 2.29. The molecule has 0 aliphatic carbocycles. The van der Waals surface area contributed by atoms with E-state index in [-0.39, 0.29) is 6.04 Å². The Balaban J connectivity index is 2.36. The Hall–Kier alpha value is -1.23. The minimum Gasteiger partial charge on any atom is -0.271 e. The number of thiazole rings is 1. The van der Waals surface area contributed by atoms with Gasteiger partial charge in [-0.25, -0.2) is 10.4 Å². The lowest BCUT2D eigenvalue weighted by Gasteiger charge is -2.14. The van der Waals surface area contributed by atoms with Crippen LogP contribution in [0.5, 0.6) is 0 Å². The summed E-state index contributed by atoms with van der Waals surface area (Å²) < 4.78 is 0. The van der Waals surface area contributed by atoms with E-state index in [0.29, 0.717) is 0 Å². The molecular weight excluding hydrogens is 218 g/mol. The molecule has 1 aromatic heterocycles. The summed E-state index contributed by atoms with van der Waals surface area (Å²) in [5, 5.41) is 3.10. The summed E-state index contributed by atoms with van der Waals surface area (Å²) in [4.78, 5) is 4.46. The van der Waals surface area contributed by atoms with E-state index >= 15 is 0 Å². The first-order chi connectivity index (χ1) is 7.70. The van der Waals surface area contributed by atoms with Crippen LogP contribution in [0, 0.1) is 13.8 Å². The van der Waals surface area contributed by atoms with Crippen LogP contribution in [0.4, 0.5) is 0 Å². The number of nitrogens with one attached hydrogen (secondary N) is 1. The van der Waals surface area contributed by atoms with Gasteiger partial charge < -0.3 is 0 Å². The topological polar surface area (TPSA) is 50.9 Å². The van der Waals surface area contributed by atoms with E-state index in [1.807, 2.05) is 18.4 Å². The zero-order valence-corrected chi connectivity index (χ0v) is 10.2. The van der Waals surface area contributed by atoms with E-state index in [1.54, 1.807) is 11.3 Å². The van der Waals surface area contributed by atoms with Crippen LogP contribution in [0.25, 0.3) is 0 Å². The van der Waals surface area contributed by atoms with Gasteiger partial charge in [-0.2, -0.15) is 0 Å². The maximum atomic E-state index is 5.61. The molecule has 1 aromatic carbocycles. The van der Waals surface area contributed by atoms with E-state index in [1.165, 1.54) is 5.56 Å². The highest BCUT2D eigenvalue weighted by Gasteiger charge is 2.14. The van der Waals surface area contributed by atoms with Crippen LogP contribution in [0.3, 0.4) is 0 Å². The molecule has 2 aromatic rings. The summed E-state index contributed by atoms with van der Waals surface area (Å²) in [5.74, 6) is 5.61. The lowest BCUT2D eigenvalue weighted by atomic mass is 10.0. The third-order valence-corrected chi connectivity index (χ3v) is 3.27. The van der Waals surface area contributed by atoms with Crippen LogP contribution in [-0.2, 0) is 0 Å². The largest absolute Gasteiger partial charge is 0.271 e. The number of rotatable bonds is 3. The number of aryl methyl sites for hydroxylation is 2. The van der Waals surface area contributed by atoms with Gasteiger partial charge in [-0.05, 0) is 19.4 Å². The van der Waals surface area contributed by atoms with Gasteiger partial charge in [0.15, 0.2) is 0 Å². The fourth-order valence-electron chi connectivity index (χ4n) is 1.71. The molecule has 0 fully saturated rings. The minimum absolute atomic E-state index is 0.0233. The van der Waals surface area contributed by atoms with Gasteiger partial charge in [0.05, 0.1) is 16.7 Å². The second-order valence-corrected chi connectivity index (χ2v) is 4.87. The number of nitrogens with two attached hydrogens (primary N) is 1. The fourth-order valence-corrected chi connectivity index (χ4v) is 2.35. The van der Waals surface area contributed by atoms with E-state index in [2.05, 4.69) is 35.5 Å². The van der Waals surface area contributed by atoms with Crippen molar-refractivity contribution in [3.05, 3.63) is 51.5 Å². The van der Waals surface area contributed by atoms with Crippen molar-refractivity contribution in [2.24, 2.45) is 5.84 Å². The first kappa shape index (κ1) is 11.3. The lowest BCUT2D eigenvalue weighted by molar-refractivity contribution is 0.623. The molecule has 0 saturated carbocycles. The lowest BCUT2D eigenvalue weighted by Crippen LogP contribution is -2.29. The van der Waals surface area contributed by atoms with Gasteiger partial charge in [0.25, 0.3) is 0 Å². The van der Waals surface area contributed by atoms with Crippen LogP contribution in [0.1, 0.15) is 27.9 Å². The molecule has 16 heavy (non-hydrogen) atoms. The highest BCUT2D eigenvalue weighted by atomic mass is 32.1. The smallest absolute Gasteiger partial charge is 0.0898 e. The van der Waals surface area contributed by atoms with Crippen LogP contribution >= 0.6 is 11.3 Å². The predicted octanol–water partition coefficient (Wildman–Crippen LogP) is 2.31. The number of benzene rings is 1. The molecule has 1 heterocycles. The Morgan fingerprint density at radius 3 is 2.75 bits per heavy atom. The van der Waals surface area contributed by atoms with Gasteiger partial charge in [0.2, 0.25) is 0 Å². The molecular formula is C12H15N3S. The molecule has 2 rings (SSSR count). The molecule has 0 radical (unpaired) electrons. The second kappa shape index (κ2) is 4.74. The number of hydrazine groups is 1. The molecule has 0 aliphatic rings. The SMILES string of the molecule is Cc1cccc(C(NN)c2csc(C)n2)c1. The second-order valence-electron chi connectivity index (χ2n) is 3.81. The molecule has 3 nitrogen and oxygen atoms in total. The predicted molar refractivity (Wildman–Crippen MR) is 67.2 cm³/mol. The Morgan fingerprint density at radius 2 is 2.19 bits per heavy atom.